The van der Waals surface area contributed by atoms with Gasteiger partial charge in [0.15, 0.2) is 69.2 Å². The Morgan fingerprint density at radius 1 is 0.524 bits per heavy atom. The van der Waals surface area contributed by atoms with Crippen molar-refractivity contribution in [2.24, 2.45) is 10.2 Å². The number of esters is 2. The number of azo groups is 1. The maximum atomic E-state index is 14.0. The van der Waals surface area contributed by atoms with Crippen molar-refractivity contribution in [3.8, 4) is 12.1 Å². The van der Waals surface area contributed by atoms with Gasteiger partial charge in [0.25, 0.3) is 0 Å². The second kappa shape index (κ2) is 25.3. The zero-order chi connectivity index (χ0) is 62.6. The molecule has 6 rings (SSSR count). The summed E-state index contributed by atoms with van der Waals surface area (Å²) in [5.74, 6) is -1.84. The van der Waals surface area contributed by atoms with E-state index in [9.17, 15) is 68.2 Å². The van der Waals surface area contributed by atoms with Gasteiger partial charge in [-0.15, -0.1) is 26.3 Å². The van der Waals surface area contributed by atoms with Crippen LogP contribution in [0.15, 0.2) is 103 Å². The lowest BCUT2D eigenvalue weighted by molar-refractivity contribution is -0.150. The molecule has 22 heteroatoms. The maximum Gasteiger partial charge on any atom is 0.586 e. The van der Waals surface area contributed by atoms with Crippen LogP contribution in [-0.4, -0.2) is 65.5 Å². The highest BCUT2D eigenvalue weighted by Crippen LogP contribution is 2.48. The van der Waals surface area contributed by atoms with Gasteiger partial charge in [0.05, 0.1) is 18.7 Å². The average Bonchev–Trinajstić information content (AvgIpc) is 2.74. The minimum Gasteiger partial charge on any atom is -0.743 e. The van der Waals surface area contributed by atoms with Crippen molar-refractivity contribution >= 4 is 43.8 Å². The normalized spacial score (nSPS) is 15.7. The molecule has 0 aromatic heterocycles. The molecule has 0 bridgehead atoms. The molecule has 82 heavy (non-hydrogen) atoms. The van der Waals surface area contributed by atoms with Gasteiger partial charge < -0.3 is 14.0 Å². The van der Waals surface area contributed by atoms with E-state index in [4.69, 9.17) is 4.74 Å². The number of carbonyl (C=O) groups is 2. The van der Waals surface area contributed by atoms with Crippen LogP contribution in [0.25, 0.3) is 0 Å². The molecule has 448 valence electrons. The molecule has 0 saturated heterocycles. The van der Waals surface area contributed by atoms with E-state index in [2.05, 4.69) is 98.1 Å². The highest BCUT2D eigenvalue weighted by atomic mass is 32.2. The van der Waals surface area contributed by atoms with Crippen molar-refractivity contribution in [3.05, 3.63) is 117 Å². The van der Waals surface area contributed by atoms with Gasteiger partial charge in [-0.25, -0.2) is 8.42 Å². The molecule has 4 aromatic carbocycles. The largest absolute Gasteiger partial charge is 0.743 e. The van der Waals surface area contributed by atoms with E-state index in [1.807, 2.05) is 54.6 Å². The molecular formula is C60H73F8N4O7S3+. The van der Waals surface area contributed by atoms with Gasteiger partial charge in [0.1, 0.15) is 0 Å². The minimum atomic E-state index is -6.00. The summed E-state index contributed by atoms with van der Waals surface area (Å²) in [4.78, 5) is 24.7. The number of nitriles is 2. The van der Waals surface area contributed by atoms with Crippen LogP contribution in [0.4, 0.5) is 35.1 Å². The molecule has 2 aliphatic heterocycles. The smallest absolute Gasteiger partial charge is 0.586 e. The molecular weight excluding hydrogens is 1140 g/mol. The van der Waals surface area contributed by atoms with E-state index < -0.39 is 84.2 Å². The van der Waals surface area contributed by atoms with Crippen molar-refractivity contribution in [2.45, 2.75) is 211 Å². The lowest BCUT2D eigenvalue weighted by Gasteiger charge is -2.26. The van der Waals surface area contributed by atoms with E-state index in [1.54, 1.807) is 37.3 Å². The second-order valence-electron chi connectivity index (χ2n) is 24.7. The van der Waals surface area contributed by atoms with Crippen LogP contribution in [0.3, 0.4) is 0 Å². The van der Waals surface area contributed by atoms with E-state index >= 15 is 0 Å². The molecule has 0 aliphatic carbocycles. The third-order valence-electron chi connectivity index (χ3n) is 13.5. The third kappa shape index (κ3) is 18.0. The van der Waals surface area contributed by atoms with E-state index in [-0.39, 0.29) is 47.5 Å². The Hall–Kier alpha value is -5.55. The van der Waals surface area contributed by atoms with Crippen LogP contribution in [-0.2, 0) is 85.5 Å². The van der Waals surface area contributed by atoms with E-state index in [1.165, 1.54) is 13.8 Å². The first-order valence-corrected chi connectivity index (χ1v) is 30.1. The number of rotatable bonds is 12. The summed E-state index contributed by atoms with van der Waals surface area (Å²) < 4.78 is 150. The third-order valence-corrected chi connectivity index (χ3v) is 18.6. The van der Waals surface area contributed by atoms with Crippen LogP contribution in [0.2, 0.25) is 0 Å². The second-order valence-corrected chi connectivity index (χ2v) is 30.1. The molecule has 2 aliphatic rings. The summed E-state index contributed by atoms with van der Waals surface area (Å²) in [5, 5.41) is 21.3. The van der Waals surface area contributed by atoms with Crippen molar-refractivity contribution < 1.29 is 67.2 Å². The molecule has 0 saturated carbocycles. The minimum absolute atomic E-state index is 0.0475. The standard InChI is InChI=1S/2C22H26F3S.C16H22F2N4O7S/c2*1-20(2,3)16-7-9-18-14(12-16)11-15-13-17(21(4,5)6)8-10-19(15)26(18)22(23,24)25;1-4-28-12(23)5-7-14(2,9-19)21-22-15(3,10-20)8-6-13(24)29-11-16(17,18)30(25,26)27/h2*7-10,12-13H,11H2,1-6H3;4-8,11H2,1-3H3,(H,25,26,27)/q2*+1;/p-1. The van der Waals surface area contributed by atoms with Crippen molar-refractivity contribution in [2.75, 3.05) is 13.2 Å². The lowest BCUT2D eigenvalue weighted by Crippen LogP contribution is -2.35. The highest BCUT2D eigenvalue weighted by molar-refractivity contribution is 7.98. The summed E-state index contributed by atoms with van der Waals surface area (Å²) in [5.41, 5.74) is -4.39. The van der Waals surface area contributed by atoms with Crippen LogP contribution in [0.5, 0.6) is 0 Å². The number of alkyl halides is 8. The highest BCUT2D eigenvalue weighted by Gasteiger charge is 2.59. The molecule has 0 radical (unpaired) electrons. The Morgan fingerprint density at radius 3 is 1.01 bits per heavy atom. The van der Waals surface area contributed by atoms with Gasteiger partial charge in [-0.1, -0.05) is 107 Å². The first-order chi connectivity index (χ1) is 37.2. The molecule has 2 heterocycles. The summed E-state index contributed by atoms with van der Waals surface area (Å²) in [7, 11) is -9.76. The van der Waals surface area contributed by atoms with Crippen molar-refractivity contribution in [1.29, 1.82) is 10.5 Å². The van der Waals surface area contributed by atoms with Crippen LogP contribution < -0.4 is 0 Å². The van der Waals surface area contributed by atoms with Crippen LogP contribution >= 0.6 is 0 Å². The lowest BCUT2D eigenvalue weighted by atomic mass is 9.84. The number of ether oxygens (including phenoxy) is 2. The fourth-order valence-corrected chi connectivity index (χ4v) is 12.5. The van der Waals surface area contributed by atoms with Gasteiger partial charge >= 0.3 is 28.2 Å². The quantitative estimate of drug-likeness (QED) is 0.0438. The Bertz CT molecular complexity index is 2950. The molecule has 0 amide bonds. The fraction of sp³-hybridized carbons (Fsp3) is 0.533. The van der Waals surface area contributed by atoms with Crippen LogP contribution in [0, 0.1) is 22.7 Å². The first kappa shape index (κ1) is 68.9. The zero-order valence-corrected chi connectivity index (χ0v) is 51.4. The number of carbonyl (C=O) groups excluding carboxylic acids is 2. The number of hydrogen-bond acceptors (Lipinski definition) is 11. The summed E-state index contributed by atoms with van der Waals surface area (Å²) in [6.45, 7) is 27.5. The molecule has 0 spiro atoms. The first-order valence-electron chi connectivity index (χ1n) is 26.3. The zero-order valence-electron chi connectivity index (χ0n) is 49.0. The number of benzene rings is 4. The molecule has 4 aromatic rings. The number of halogens is 8. The molecule has 2 unspecified atom stereocenters. The van der Waals surface area contributed by atoms with E-state index in [0.717, 1.165) is 44.5 Å². The number of fused-ring (bicyclic) bond motifs is 4. The monoisotopic (exact) mass is 1210 g/mol. The molecule has 0 N–H and O–H groups in total. The predicted molar refractivity (Wildman–Crippen MR) is 300 cm³/mol. The van der Waals surface area contributed by atoms with Crippen molar-refractivity contribution in [1.82, 2.24) is 0 Å². The van der Waals surface area contributed by atoms with E-state index in [0.29, 0.717) is 32.4 Å². The Balaban J connectivity index is 0.000000265. The van der Waals surface area contributed by atoms with Gasteiger partial charge in [-0.2, -0.15) is 29.5 Å². The molecule has 11 nitrogen and oxygen atoms in total. The van der Waals surface area contributed by atoms with Crippen LogP contribution in [0.1, 0.15) is 174 Å². The maximum absolute atomic E-state index is 14.0. The van der Waals surface area contributed by atoms with Crippen molar-refractivity contribution in [3.63, 3.8) is 0 Å². The fourth-order valence-electron chi connectivity index (χ4n) is 8.39. The number of hydrogen-bond donors (Lipinski definition) is 0. The van der Waals surface area contributed by atoms with Gasteiger partial charge in [0.2, 0.25) is 0 Å². The van der Waals surface area contributed by atoms with Gasteiger partial charge in [-0.05, 0) is 126 Å². The Kier molecular flexibility index (Phi) is 21.3. The Morgan fingerprint density at radius 2 is 0.793 bits per heavy atom. The molecule has 0 fully saturated rings. The summed E-state index contributed by atoms with van der Waals surface area (Å²) >= 11 is 0. The van der Waals surface area contributed by atoms with Gasteiger partial charge in [-0.3, -0.25) is 9.59 Å². The average molecular weight is 1210 g/mol. The SMILES string of the molecule is CC(C)(C)c1ccc2c(c1)Cc1cc(C(C)(C)C)ccc1[S+]2C(F)(F)F.CC(C)(C)c1ccc2c(c1)Cc1cc(C(C)(C)C)ccc1[S+]2C(F)(F)F.CCOC(=O)CCC(C)(C#N)N=NC(C)(C#N)CCC(=O)OCC(F)(F)S(=O)(=O)[O-]. The molecule has 2 atom stereocenters. The van der Waals surface area contributed by atoms with Gasteiger partial charge in [0, 0.05) is 47.9 Å². The predicted octanol–water partition coefficient (Wildman–Crippen LogP) is 15.3. The summed E-state index contributed by atoms with van der Waals surface area (Å²) in [6, 6.07) is 25.8. The number of nitrogens with zero attached hydrogens (tertiary/aromatic N) is 4. The topological polar surface area (TPSA) is 182 Å². The summed E-state index contributed by atoms with van der Waals surface area (Å²) in [6.07, 6.45) is -0.0151. The Labute approximate surface area is 483 Å².